The number of benzene rings is 1. The van der Waals surface area contributed by atoms with Crippen LogP contribution in [0.4, 0.5) is 4.39 Å². The minimum atomic E-state index is -3.18. The Morgan fingerprint density at radius 3 is 2.55 bits per heavy atom. The Bertz CT molecular complexity index is 468. The summed E-state index contributed by atoms with van der Waals surface area (Å²) >= 11 is 3.21. The highest BCUT2D eigenvalue weighted by Crippen LogP contribution is 2.50. The van der Waals surface area contributed by atoms with E-state index in [1.807, 2.05) is 13.8 Å². The first-order valence-electron chi connectivity index (χ1n) is 6.89. The molecule has 114 valence electrons. The quantitative estimate of drug-likeness (QED) is 0.410. The van der Waals surface area contributed by atoms with Crippen LogP contribution in [0.25, 0.3) is 0 Å². The molecule has 0 bridgehead atoms. The maximum Gasteiger partial charge on any atom is 0.379 e. The first-order valence-corrected chi connectivity index (χ1v) is 9.41. The Balaban J connectivity index is 2.79. The molecule has 0 saturated carbocycles. The monoisotopic (exact) mass is 366 g/mol. The number of halogens is 2. The van der Waals surface area contributed by atoms with Gasteiger partial charge in [-0.1, -0.05) is 26.7 Å². The van der Waals surface area contributed by atoms with E-state index in [1.165, 1.54) is 18.2 Å². The summed E-state index contributed by atoms with van der Waals surface area (Å²) in [6.07, 6.45) is 3.85. The normalized spacial score (nSPS) is 14.0. The minimum Gasteiger partial charge on any atom is -0.423 e. The van der Waals surface area contributed by atoms with Gasteiger partial charge in [0, 0.05) is 0 Å². The largest absolute Gasteiger partial charge is 0.423 e. The predicted octanol–water partition coefficient (Wildman–Crippen LogP) is 5.78. The standard InChI is InChI=1S/C14H21BrFO3P/c1-3-5-9-18-20(17,10-6-4-2)19-14-8-7-12(16)11-13(14)15/h7-8,11H,3-6,9-10H2,1-2H3. The Hall–Kier alpha value is -0.380. The Labute approximate surface area is 128 Å². The molecular formula is C14H21BrFO3P. The lowest BCUT2D eigenvalue weighted by atomic mass is 10.3. The SMILES string of the molecule is CCCCOP(=O)(CCCC)Oc1ccc(F)cc1Br. The van der Waals surface area contributed by atoms with Crippen molar-refractivity contribution in [3.8, 4) is 5.75 Å². The molecule has 0 aliphatic heterocycles. The summed E-state index contributed by atoms with van der Waals surface area (Å²) in [6, 6.07) is 4.02. The molecule has 20 heavy (non-hydrogen) atoms. The average Bonchev–Trinajstić information content (AvgIpc) is 2.40. The molecule has 0 saturated heterocycles. The summed E-state index contributed by atoms with van der Waals surface area (Å²) in [5, 5.41) is 0. The summed E-state index contributed by atoms with van der Waals surface area (Å²) in [5.74, 6) is -0.0261. The van der Waals surface area contributed by atoms with Crippen molar-refractivity contribution in [2.24, 2.45) is 0 Å². The van der Waals surface area contributed by atoms with Crippen molar-refractivity contribution in [3.05, 3.63) is 28.5 Å². The Kier molecular flexibility index (Phi) is 7.78. The lowest BCUT2D eigenvalue weighted by Gasteiger charge is -2.20. The molecule has 0 amide bonds. The van der Waals surface area contributed by atoms with E-state index in [2.05, 4.69) is 15.9 Å². The smallest absolute Gasteiger partial charge is 0.379 e. The van der Waals surface area contributed by atoms with Crippen molar-refractivity contribution in [1.82, 2.24) is 0 Å². The second-order valence-corrected chi connectivity index (χ2v) is 7.51. The number of unbranched alkanes of at least 4 members (excludes halogenated alkanes) is 2. The Morgan fingerprint density at radius 1 is 1.25 bits per heavy atom. The number of hydrogen-bond acceptors (Lipinski definition) is 3. The third kappa shape index (κ3) is 5.94. The maximum atomic E-state index is 13.0. The van der Waals surface area contributed by atoms with Gasteiger partial charge in [0.1, 0.15) is 11.6 Å². The lowest BCUT2D eigenvalue weighted by Crippen LogP contribution is -2.04. The third-order valence-corrected chi connectivity index (χ3v) is 5.24. The molecule has 1 atom stereocenters. The lowest BCUT2D eigenvalue weighted by molar-refractivity contribution is 0.259. The molecule has 0 aromatic heterocycles. The molecule has 0 fully saturated rings. The van der Waals surface area contributed by atoms with Crippen LogP contribution in [-0.2, 0) is 9.09 Å². The van der Waals surface area contributed by atoms with Gasteiger partial charge in [-0.05, 0) is 47.0 Å². The van der Waals surface area contributed by atoms with Gasteiger partial charge in [0.25, 0.3) is 0 Å². The van der Waals surface area contributed by atoms with Crippen molar-refractivity contribution >= 4 is 23.5 Å². The van der Waals surface area contributed by atoms with Crippen LogP contribution in [0.5, 0.6) is 5.75 Å². The highest BCUT2D eigenvalue weighted by Gasteiger charge is 2.26. The van der Waals surface area contributed by atoms with Crippen LogP contribution in [0, 0.1) is 5.82 Å². The molecular weight excluding hydrogens is 346 g/mol. The fourth-order valence-corrected chi connectivity index (χ4v) is 3.94. The van der Waals surface area contributed by atoms with Gasteiger partial charge in [-0.2, -0.15) is 0 Å². The molecule has 1 rings (SSSR count). The van der Waals surface area contributed by atoms with Crippen LogP contribution in [-0.4, -0.2) is 12.8 Å². The van der Waals surface area contributed by atoms with Crippen LogP contribution in [0.2, 0.25) is 0 Å². The fourth-order valence-electron chi connectivity index (χ4n) is 1.54. The van der Waals surface area contributed by atoms with Crippen molar-refractivity contribution in [1.29, 1.82) is 0 Å². The zero-order chi connectivity index (χ0) is 15.0. The molecule has 0 radical (unpaired) electrons. The van der Waals surface area contributed by atoms with Crippen molar-refractivity contribution < 1.29 is 18.0 Å². The molecule has 0 N–H and O–H groups in total. The van der Waals surface area contributed by atoms with E-state index >= 15 is 0 Å². The molecule has 3 nitrogen and oxygen atoms in total. The highest BCUT2D eigenvalue weighted by molar-refractivity contribution is 9.10. The molecule has 0 spiro atoms. The van der Waals surface area contributed by atoms with Gasteiger partial charge >= 0.3 is 7.60 Å². The number of rotatable bonds is 9. The minimum absolute atomic E-state index is 0.349. The van der Waals surface area contributed by atoms with Crippen LogP contribution in [0.3, 0.4) is 0 Å². The van der Waals surface area contributed by atoms with E-state index in [-0.39, 0.29) is 5.82 Å². The molecule has 1 aromatic carbocycles. The molecule has 0 aliphatic carbocycles. The van der Waals surface area contributed by atoms with E-state index in [9.17, 15) is 8.96 Å². The summed E-state index contributed by atoms with van der Waals surface area (Å²) in [5.41, 5.74) is 0. The Morgan fingerprint density at radius 2 is 1.95 bits per heavy atom. The van der Waals surface area contributed by atoms with Gasteiger partial charge in [0.05, 0.1) is 17.2 Å². The molecule has 1 unspecified atom stereocenters. The zero-order valence-corrected chi connectivity index (χ0v) is 14.4. The van der Waals surface area contributed by atoms with Gasteiger partial charge in [-0.15, -0.1) is 0 Å². The fraction of sp³-hybridized carbons (Fsp3) is 0.571. The average molecular weight is 367 g/mol. The molecule has 0 aliphatic rings. The van der Waals surface area contributed by atoms with Crippen LogP contribution in [0.1, 0.15) is 39.5 Å². The van der Waals surface area contributed by atoms with Crippen molar-refractivity contribution in [2.75, 3.05) is 12.8 Å². The van der Waals surface area contributed by atoms with Crippen LogP contribution in [0.15, 0.2) is 22.7 Å². The second kappa shape index (κ2) is 8.81. The first-order chi connectivity index (χ1) is 9.50. The summed E-state index contributed by atoms with van der Waals surface area (Å²) in [6.45, 7) is 4.47. The summed E-state index contributed by atoms with van der Waals surface area (Å²) in [7, 11) is -3.18. The maximum absolute atomic E-state index is 13.0. The molecule has 6 heteroatoms. The third-order valence-electron chi connectivity index (χ3n) is 2.70. The zero-order valence-electron chi connectivity index (χ0n) is 11.9. The summed E-state index contributed by atoms with van der Waals surface area (Å²) in [4.78, 5) is 0. The van der Waals surface area contributed by atoms with Crippen LogP contribution < -0.4 is 4.52 Å². The van der Waals surface area contributed by atoms with E-state index in [4.69, 9.17) is 9.05 Å². The van der Waals surface area contributed by atoms with Crippen LogP contribution >= 0.6 is 23.5 Å². The van der Waals surface area contributed by atoms with Gasteiger partial charge in [0.15, 0.2) is 0 Å². The second-order valence-electron chi connectivity index (χ2n) is 4.54. The van der Waals surface area contributed by atoms with E-state index in [0.717, 1.165) is 25.7 Å². The van der Waals surface area contributed by atoms with Crippen molar-refractivity contribution in [3.63, 3.8) is 0 Å². The van der Waals surface area contributed by atoms with Gasteiger partial charge in [0.2, 0.25) is 0 Å². The van der Waals surface area contributed by atoms with Gasteiger partial charge in [-0.25, -0.2) is 8.96 Å². The van der Waals surface area contributed by atoms with E-state index in [1.54, 1.807) is 0 Å². The number of hydrogen-bond donors (Lipinski definition) is 0. The van der Waals surface area contributed by atoms with Gasteiger partial charge in [-0.3, -0.25) is 4.52 Å². The van der Waals surface area contributed by atoms with E-state index in [0.29, 0.717) is 23.0 Å². The summed E-state index contributed by atoms with van der Waals surface area (Å²) < 4.78 is 37.2. The van der Waals surface area contributed by atoms with Crippen molar-refractivity contribution in [2.45, 2.75) is 39.5 Å². The first kappa shape index (κ1) is 17.7. The molecule has 1 aromatic rings. The molecule has 0 heterocycles. The topological polar surface area (TPSA) is 35.5 Å². The van der Waals surface area contributed by atoms with E-state index < -0.39 is 7.60 Å². The highest BCUT2D eigenvalue weighted by atomic mass is 79.9. The van der Waals surface area contributed by atoms with Gasteiger partial charge < -0.3 is 4.52 Å². The predicted molar refractivity (Wildman–Crippen MR) is 83.0 cm³/mol.